The second-order valence-electron chi connectivity index (χ2n) is 11.4. The van der Waals surface area contributed by atoms with Gasteiger partial charge in [0.25, 0.3) is 10.0 Å². The fraction of sp³-hybridized carbons (Fsp3) is 0.375. The molecule has 0 radical (unpaired) electrons. The number of hydrogen-bond donors (Lipinski definition) is 1. The lowest BCUT2D eigenvalue weighted by Gasteiger charge is -2.35. The molecular weight excluding hydrogens is 579 g/mol. The Morgan fingerprint density at radius 1 is 0.907 bits per heavy atom. The van der Waals surface area contributed by atoms with Crippen LogP contribution < -0.4 is 9.62 Å². The van der Waals surface area contributed by atoms with E-state index < -0.39 is 51.7 Å². The first-order valence-corrected chi connectivity index (χ1v) is 15.4. The largest absolute Gasteiger partial charge is 0.416 e. The molecule has 0 aromatic heterocycles. The van der Waals surface area contributed by atoms with Gasteiger partial charge in [0.2, 0.25) is 11.8 Å². The molecular formula is C32H38F3N3O4S. The Hall–Kier alpha value is -3.86. The van der Waals surface area contributed by atoms with Gasteiger partial charge in [-0.05, 0) is 76.4 Å². The number of hydrogen-bond acceptors (Lipinski definition) is 4. The Kier molecular flexibility index (Phi) is 10.7. The van der Waals surface area contributed by atoms with Gasteiger partial charge < -0.3 is 10.2 Å². The standard InChI is InChI=1S/C32H38F3N3O4S/c1-6-28(30(40)36-31(3,4)5)37(20-19-24-11-8-7-9-12-24)29(39)22-38(26-14-10-13-25(21-26)32(33,34)35)43(41,42)27-17-15-23(2)16-18-27/h7-18,21,28H,6,19-20,22H2,1-5H3,(H,36,40)/t28-/m1/s1. The van der Waals surface area contributed by atoms with Gasteiger partial charge in [0, 0.05) is 12.1 Å². The van der Waals surface area contributed by atoms with E-state index in [0.29, 0.717) is 16.8 Å². The minimum Gasteiger partial charge on any atom is -0.350 e. The molecule has 7 nitrogen and oxygen atoms in total. The van der Waals surface area contributed by atoms with Crippen LogP contribution in [0, 0.1) is 6.92 Å². The molecule has 3 rings (SSSR count). The molecule has 0 heterocycles. The number of carbonyl (C=O) groups excluding carboxylic acids is 2. The molecule has 43 heavy (non-hydrogen) atoms. The van der Waals surface area contributed by atoms with Crippen LogP contribution in [0.1, 0.15) is 50.8 Å². The van der Waals surface area contributed by atoms with Crippen LogP contribution in [-0.4, -0.2) is 49.8 Å². The van der Waals surface area contributed by atoms with Gasteiger partial charge in [-0.2, -0.15) is 13.2 Å². The summed E-state index contributed by atoms with van der Waals surface area (Å²) in [7, 11) is -4.49. The van der Waals surface area contributed by atoms with Crippen LogP contribution >= 0.6 is 0 Å². The Balaban J connectivity index is 2.08. The van der Waals surface area contributed by atoms with Crippen LogP contribution in [0.25, 0.3) is 0 Å². The van der Waals surface area contributed by atoms with Gasteiger partial charge in [-0.1, -0.05) is 61.0 Å². The lowest BCUT2D eigenvalue weighted by molar-refractivity contribution is -0.140. The topological polar surface area (TPSA) is 86.8 Å². The van der Waals surface area contributed by atoms with Crippen molar-refractivity contribution >= 4 is 27.5 Å². The summed E-state index contributed by atoms with van der Waals surface area (Å²) in [5, 5.41) is 2.88. The third-order valence-electron chi connectivity index (χ3n) is 6.72. The molecule has 0 aliphatic rings. The highest BCUT2D eigenvalue weighted by molar-refractivity contribution is 7.92. The number of halogens is 3. The molecule has 3 aromatic carbocycles. The van der Waals surface area contributed by atoms with Crippen molar-refractivity contribution < 1.29 is 31.2 Å². The van der Waals surface area contributed by atoms with Crippen molar-refractivity contribution in [2.75, 3.05) is 17.4 Å². The third-order valence-corrected chi connectivity index (χ3v) is 8.51. The first-order valence-electron chi connectivity index (χ1n) is 13.9. The van der Waals surface area contributed by atoms with Gasteiger partial charge >= 0.3 is 6.18 Å². The SMILES string of the molecule is CC[C@H](C(=O)NC(C)(C)C)N(CCc1ccccc1)C(=O)CN(c1cccc(C(F)(F)F)c1)S(=O)(=O)c1ccc(C)cc1. The van der Waals surface area contributed by atoms with Gasteiger partial charge in [0.05, 0.1) is 16.1 Å². The van der Waals surface area contributed by atoms with Crippen molar-refractivity contribution in [1.29, 1.82) is 0 Å². The van der Waals surface area contributed by atoms with E-state index in [1.54, 1.807) is 46.8 Å². The minimum absolute atomic E-state index is 0.0833. The van der Waals surface area contributed by atoms with E-state index in [-0.39, 0.29) is 23.5 Å². The van der Waals surface area contributed by atoms with Crippen molar-refractivity contribution in [2.24, 2.45) is 0 Å². The fourth-order valence-corrected chi connectivity index (χ4v) is 5.96. The van der Waals surface area contributed by atoms with Gasteiger partial charge in [0.1, 0.15) is 12.6 Å². The maximum atomic E-state index is 14.1. The Bertz CT molecular complexity index is 1500. The molecule has 11 heteroatoms. The number of amides is 2. The van der Waals surface area contributed by atoms with Crippen LogP contribution in [-0.2, 0) is 32.2 Å². The summed E-state index contributed by atoms with van der Waals surface area (Å²) in [4.78, 5) is 28.5. The summed E-state index contributed by atoms with van der Waals surface area (Å²) >= 11 is 0. The molecule has 2 amide bonds. The van der Waals surface area contributed by atoms with Crippen molar-refractivity contribution in [3.63, 3.8) is 0 Å². The van der Waals surface area contributed by atoms with Crippen molar-refractivity contribution in [2.45, 2.75) is 70.1 Å². The normalized spacial score (nSPS) is 12.8. The van der Waals surface area contributed by atoms with E-state index in [0.717, 1.165) is 23.3 Å². The fourth-order valence-electron chi connectivity index (χ4n) is 4.55. The van der Waals surface area contributed by atoms with Crippen LogP contribution in [0.5, 0.6) is 0 Å². The summed E-state index contributed by atoms with van der Waals surface area (Å²) in [5.41, 5.74) is -0.300. The average molecular weight is 618 g/mol. The third kappa shape index (κ3) is 9.06. The van der Waals surface area contributed by atoms with Crippen molar-refractivity contribution in [3.05, 3.63) is 95.6 Å². The molecule has 0 spiro atoms. The number of nitrogens with zero attached hydrogens (tertiary/aromatic N) is 2. The van der Waals surface area contributed by atoms with E-state index in [2.05, 4.69) is 5.32 Å². The summed E-state index contributed by atoms with van der Waals surface area (Å²) in [6.07, 6.45) is -4.13. The van der Waals surface area contributed by atoms with E-state index in [9.17, 15) is 31.2 Å². The van der Waals surface area contributed by atoms with Gasteiger partial charge in [0.15, 0.2) is 0 Å². The second kappa shape index (κ2) is 13.6. The molecule has 0 fully saturated rings. The Labute approximate surface area is 251 Å². The first-order chi connectivity index (χ1) is 20.0. The molecule has 0 aliphatic carbocycles. The number of nitrogens with one attached hydrogen (secondary N) is 1. The zero-order valence-corrected chi connectivity index (χ0v) is 25.8. The molecule has 0 unspecified atom stereocenters. The van der Waals surface area contributed by atoms with Crippen molar-refractivity contribution in [3.8, 4) is 0 Å². The number of rotatable bonds is 11. The molecule has 1 atom stereocenters. The highest BCUT2D eigenvalue weighted by Gasteiger charge is 2.36. The first kappa shape index (κ1) is 33.6. The Morgan fingerprint density at radius 3 is 2.09 bits per heavy atom. The molecule has 0 aliphatic heterocycles. The lowest BCUT2D eigenvalue weighted by atomic mass is 10.1. The predicted molar refractivity (Wildman–Crippen MR) is 161 cm³/mol. The van der Waals surface area contributed by atoms with Gasteiger partial charge in [-0.3, -0.25) is 13.9 Å². The zero-order chi connectivity index (χ0) is 32.0. The summed E-state index contributed by atoms with van der Waals surface area (Å²) in [6, 6.07) is 18.0. The summed E-state index contributed by atoms with van der Waals surface area (Å²) in [5.74, 6) is -1.14. The number of carbonyl (C=O) groups is 2. The molecule has 0 saturated heterocycles. The number of anilines is 1. The van der Waals surface area contributed by atoms with Crippen LogP contribution in [0.4, 0.5) is 18.9 Å². The smallest absolute Gasteiger partial charge is 0.350 e. The van der Waals surface area contributed by atoms with Gasteiger partial charge in [-0.15, -0.1) is 0 Å². The molecule has 3 aromatic rings. The second-order valence-corrected chi connectivity index (χ2v) is 13.2. The molecule has 1 N–H and O–H groups in total. The van der Waals surface area contributed by atoms with Crippen LogP contribution in [0.15, 0.2) is 83.8 Å². The number of sulfonamides is 1. The minimum atomic E-state index is -4.74. The van der Waals surface area contributed by atoms with E-state index >= 15 is 0 Å². The van der Waals surface area contributed by atoms with E-state index in [4.69, 9.17) is 0 Å². The molecule has 232 valence electrons. The maximum Gasteiger partial charge on any atom is 0.416 e. The average Bonchev–Trinajstić information content (AvgIpc) is 2.93. The highest BCUT2D eigenvalue weighted by atomic mass is 32.2. The monoisotopic (exact) mass is 617 g/mol. The van der Waals surface area contributed by atoms with E-state index in [1.165, 1.54) is 23.1 Å². The number of aryl methyl sites for hydroxylation is 1. The van der Waals surface area contributed by atoms with Gasteiger partial charge in [-0.25, -0.2) is 8.42 Å². The zero-order valence-electron chi connectivity index (χ0n) is 25.0. The van der Waals surface area contributed by atoms with Crippen molar-refractivity contribution in [1.82, 2.24) is 10.2 Å². The maximum absolute atomic E-state index is 14.1. The van der Waals surface area contributed by atoms with Crippen LogP contribution in [0.3, 0.4) is 0 Å². The molecule has 0 saturated carbocycles. The van der Waals surface area contributed by atoms with E-state index in [1.807, 2.05) is 30.3 Å². The summed E-state index contributed by atoms with van der Waals surface area (Å²) < 4.78 is 69.4. The highest BCUT2D eigenvalue weighted by Crippen LogP contribution is 2.33. The quantitative estimate of drug-likeness (QED) is 0.287. The number of benzene rings is 3. The number of alkyl halides is 3. The van der Waals surface area contributed by atoms with Crippen LogP contribution in [0.2, 0.25) is 0 Å². The molecule has 0 bridgehead atoms. The summed E-state index contributed by atoms with van der Waals surface area (Å²) in [6.45, 7) is 8.18. The lowest BCUT2D eigenvalue weighted by Crippen LogP contribution is -2.56. The Morgan fingerprint density at radius 2 is 1.53 bits per heavy atom. The predicted octanol–water partition coefficient (Wildman–Crippen LogP) is 5.97.